The standard InChI is InChI=1S/C13H23NO3/c15-12(7-4-8-13(16)17)14-10-9-11-5-2-1-3-6-11/h11H,1-10H2,(H,14,15)(H,16,17). The maximum atomic E-state index is 11.4. The maximum Gasteiger partial charge on any atom is 0.303 e. The minimum absolute atomic E-state index is 0.0120. The minimum Gasteiger partial charge on any atom is -0.481 e. The summed E-state index contributed by atoms with van der Waals surface area (Å²) in [5, 5.41) is 11.3. The van der Waals surface area contributed by atoms with Crippen LogP contribution in [0.4, 0.5) is 0 Å². The second-order valence-electron chi connectivity index (χ2n) is 4.89. The highest BCUT2D eigenvalue weighted by Crippen LogP contribution is 2.25. The van der Waals surface area contributed by atoms with Gasteiger partial charge in [-0.3, -0.25) is 9.59 Å². The Morgan fingerprint density at radius 3 is 2.47 bits per heavy atom. The third-order valence-electron chi connectivity index (χ3n) is 3.39. The molecule has 0 spiro atoms. The highest BCUT2D eigenvalue weighted by molar-refractivity contribution is 5.76. The van der Waals surface area contributed by atoms with E-state index in [2.05, 4.69) is 5.32 Å². The summed E-state index contributed by atoms with van der Waals surface area (Å²) in [6.45, 7) is 0.747. The molecule has 0 unspecified atom stereocenters. The number of nitrogens with one attached hydrogen (secondary N) is 1. The topological polar surface area (TPSA) is 66.4 Å². The summed E-state index contributed by atoms with van der Waals surface area (Å²) in [4.78, 5) is 21.6. The van der Waals surface area contributed by atoms with Crippen LogP contribution in [0.2, 0.25) is 0 Å². The zero-order valence-corrected chi connectivity index (χ0v) is 10.4. The van der Waals surface area contributed by atoms with Crippen molar-refractivity contribution in [3.63, 3.8) is 0 Å². The molecular formula is C13H23NO3. The Labute approximate surface area is 103 Å². The molecule has 0 aliphatic heterocycles. The fraction of sp³-hybridized carbons (Fsp3) is 0.846. The number of carbonyl (C=O) groups excluding carboxylic acids is 1. The molecule has 1 aliphatic carbocycles. The lowest BCUT2D eigenvalue weighted by Gasteiger charge is -2.21. The number of carboxylic acid groups (broad SMARTS) is 1. The first-order chi connectivity index (χ1) is 8.18. The van der Waals surface area contributed by atoms with E-state index >= 15 is 0 Å². The summed E-state index contributed by atoms with van der Waals surface area (Å²) in [6.07, 6.45) is 8.54. The Bertz CT molecular complexity index is 247. The fourth-order valence-corrected chi connectivity index (χ4v) is 2.38. The Morgan fingerprint density at radius 1 is 1.12 bits per heavy atom. The van der Waals surface area contributed by atoms with Crippen LogP contribution in [0.5, 0.6) is 0 Å². The molecule has 0 atom stereocenters. The Morgan fingerprint density at radius 2 is 1.82 bits per heavy atom. The largest absolute Gasteiger partial charge is 0.481 e. The SMILES string of the molecule is O=C(O)CCCC(=O)NCCC1CCCCC1. The quantitative estimate of drug-likeness (QED) is 0.719. The van der Waals surface area contributed by atoms with E-state index in [1.807, 2.05) is 0 Å². The van der Waals surface area contributed by atoms with Gasteiger partial charge in [0.1, 0.15) is 0 Å². The summed E-state index contributed by atoms with van der Waals surface area (Å²) in [7, 11) is 0. The van der Waals surface area contributed by atoms with Crippen LogP contribution in [-0.4, -0.2) is 23.5 Å². The Kier molecular flexibility index (Phi) is 6.67. The highest BCUT2D eigenvalue weighted by atomic mass is 16.4. The molecule has 98 valence electrons. The van der Waals surface area contributed by atoms with Crippen molar-refractivity contribution in [2.45, 2.75) is 57.8 Å². The van der Waals surface area contributed by atoms with E-state index in [9.17, 15) is 9.59 Å². The van der Waals surface area contributed by atoms with Crippen LogP contribution in [0.25, 0.3) is 0 Å². The van der Waals surface area contributed by atoms with Crippen molar-refractivity contribution in [1.29, 1.82) is 0 Å². The van der Waals surface area contributed by atoms with E-state index in [-0.39, 0.29) is 12.3 Å². The summed E-state index contributed by atoms with van der Waals surface area (Å²) in [6, 6.07) is 0. The third-order valence-corrected chi connectivity index (χ3v) is 3.39. The van der Waals surface area contributed by atoms with Gasteiger partial charge in [-0.2, -0.15) is 0 Å². The minimum atomic E-state index is -0.833. The average molecular weight is 241 g/mol. The number of amides is 1. The molecule has 0 aromatic heterocycles. The van der Waals surface area contributed by atoms with Crippen molar-refractivity contribution in [1.82, 2.24) is 5.32 Å². The van der Waals surface area contributed by atoms with Crippen LogP contribution < -0.4 is 5.32 Å². The molecule has 1 rings (SSSR count). The van der Waals surface area contributed by atoms with Gasteiger partial charge in [0.15, 0.2) is 0 Å². The molecule has 4 nitrogen and oxygen atoms in total. The maximum absolute atomic E-state index is 11.4. The molecule has 1 fully saturated rings. The number of rotatable bonds is 7. The summed E-state index contributed by atoms with van der Waals surface area (Å²) in [5.74, 6) is -0.0647. The van der Waals surface area contributed by atoms with Gasteiger partial charge in [0.2, 0.25) is 5.91 Å². The van der Waals surface area contributed by atoms with Crippen LogP contribution in [0.1, 0.15) is 57.8 Å². The van der Waals surface area contributed by atoms with Crippen molar-refractivity contribution in [2.75, 3.05) is 6.54 Å². The highest BCUT2D eigenvalue weighted by Gasteiger charge is 2.13. The van der Waals surface area contributed by atoms with Crippen LogP contribution in [0.15, 0.2) is 0 Å². The molecule has 4 heteroatoms. The van der Waals surface area contributed by atoms with Crippen molar-refractivity contribution < 1.29 is 14.7 Å². The number of aliphatic carboxylic acids is 1. The lowest BCUT2D eigenvalue weighted by atomic mass is 9.87. The molecule has 0 aromatic rings. The number of hydrogen-bond acceptors (Lipinski definition) is 2. The predicted octanol–water partition coefficient (Wildman–Crippen LogP) is 2.33. The summed E-state index contributed by atoms with van der Waals surface area (Å²) in [5.41, 5.74) is 0. The van der Waals surface area contributed by atoms with Crippen LogP contribution >= 0.6 is 0 Å². The zero-order chi connectivity index (χ0) is 12.5. The molecule has 0 heterocycles. The molecule has 0 bridgehead atoms. The molecule has 0 aromatic carbocycles. The van der Waals surface area contributed by atoms with E-state index in [1.165, 1.54) is 32.1 Å². The van der Waals surface area contributed by atoms with Gasteiger partial charge in [-0.05, 0) is 18.8 Å². The molecule has 17 heavy (non-hydrogen) atoms. The smallest absolute Gasteiger partial charge is 0.303 e. The monoisotopic (exact) mass is 241 g/mol. The second-order valence-corrected chi connectivity index (χ2v) is 4.89. The van der Waals surface area contributed by atoms with Gasteiger partial charge in [-0.15, -0.1) is 0 Å². The van der Waals surface area contributed by atoms with Gasteiger partial charge in [-0.1, -0.05) is 32.1 Å². The molecular weight excluding hydrogens is 218 g/mol. The average Bonchev–Trinajstić information content (AvgIpc) is 2.30. The van der Waals surface area contributed by atoms with Crippen molar-refractivity contribution in [3.8, 4) is 0 Å². The molecule has 1 amide bonds. The van der Waals surface area contributed by atoms with E-state index < -0.39 is 5.97 Å². The summed E-state index contributed by atoms with van der Waals surface area (Å²) >= 11 is 0. The summed E-state index contributed by atoms with van der Waals surface area (Å²) < 4.78 is 0. The molecule has 1 saturated carbocycles. The zero-order valence-electron chi connectivity index (χ0n) is 10.4. The third kappa shape index (κ3) is 6.97. The van der Waals surface area contributed by atoms with Gasteiger partial charge < -0.3 is 10.4 Å². The van der Waals surface area contributed by atoms with Gasteiger partial charge in [0.25, 0.3) is 0 Å². The van der Waals surface area contributed by atoms with Crippen LogP contribution in [0.3, 0.4) is 0 Å². The van der Waals surface area contributed by atoms with E-state index in [0.29, 0.717) is 12.8 Å². The molecule has 1 aliphatic rings. The van der Waals surface area contributed by atoms with Crippen LogP contribution in [0, 0.1) is 5.92 Å². The van der Waals surface area contributed by atoms with E-state index in [1.54, 1.807) is 0 Å². The molecule has 0 radical (unpaired) electrons. The van der Waals surface area contributed by atoms with Gasteiger partial charge in [0, 0.05) is 19.4 Å². The van der Waals surface area contributed by atoms with E-state index in [0.717, 1.165) is 18.9 Å². The van der Waals surface area contributed by atoms with Gasteiger partial charge >= 0.3 is 5.97 Å². The number of hydrogen-bond donors (Lipinski definition) is 2. The normalized spacial score (nSPS) is 16.7. The van der Waals surface area contributed by atoms with Gasteiger partial charge in [0.05, 0.1) is 0 Å². The first-order valence-electron chi connectivity index (χ1n) is 6.67. The van der Waals surface area contributed by atoms with Crippen molar-refractivity contribution >= 4 is 11.9 Å². The van der Waals surface area contributed by atoms with Gasteiger partial charge in [-0.25, -0.2) is 0 Å². The van der Waals surface area contributed by atoms with Crippen molar-refractivity contribution in [3.05, 3.63) is 0 Å². The first kappa shape index (κ1) is 14.0. The van der Waals surface area contributed by atoms with E-state index in [4.69, 9.17) is 5.11 Å². The molecule has 0 saturated heterocycles. The Balaban J connectivity index is 1.97. The second kappa shape index (κ2) is 8.09. The Hall–Kier alpha value is -1.06. The van der Waals surface area contributed by atoms with Crippen LogP contribution in [-0.2, 0) is 9.59 Å². The molecule has 2 N–H and O–H groups in total. The fourth-order valence-electron chi connectivity index (χ4n) is 2.38. The first-order valence-corrected chi connectivity index (χ1v) is 6.67. The number of carboxylic acids is 1. The van der Waals surface area contributed by atoms with Crippen molar-refractivity contribution in [2.24, 2.45) is 5.92 Å². The lowest BCUT2D eigenvalue weighted by Crippen LogP contribution is -2.26. The predicted molar refractivity (Wildman–Crippen MR) is 65.7 cm³/mol. The number of carbonyl (C=O) groups is 2. The lowest BCUT2D eigenvalue weighted by molar-refractivity contribution is -0.137.